The van der Waals surface area contributed by atoms with Crippen LogP contribution in [0.5, 0.6) is 0 Å². The van der Waals surface area contributed by atoms with Crippen LogP contribution in [-0.4, -0.2) is 35.1 Å². The number of aromatic nitrogens is 1. The number of rotatable bonds is 3. The zero-order chi connectivity index (χ0) is 12.4. The van der Waals surface area contributed by atoms with Crippen LogP contribution in [0.1, 0.15) is 37.1 Å². The molecule has 1 aromatic heterocycles. The summed E-state index contributed by atoms with van der Waals surface area (Å²) in [6.07, 6.45) is 5.42. The lowest BCUT2D eigenvalue weighted by Crippen LogP contribution is -2.45. The summed E-state index contributed by atoms with van der Waals surface area (Å²) in [5.74, 6) is 0. The zero-order valence-electron chi connectivity index (χ0n) is 11.2. The highest BCUT2D eigenvalue weighted by molar-refractivity contribution is 5.09. The van der Waals surface area contributed by atoms with Gasteiger partial charge in [0, 0.05) is 24.3 Å². The molecule has 2 fully saturated rings. The molecular weight excluding hydrogens is 222 g/mol. The highest BCUT2D eigenvalue weighted by atomic mass is 15.2. The van der Waals surface area contributed by atoms with Gasteiger partial charge in [-0.05, 0) is 57.8 Å². The van der Waals surface area contributed by atoms with Gasteiger partial charge in [0.25, 0.3) is 0 Å². The molecule has 0 spiro atoms. The van der Waals surface area contributed by atoms with E-state index in [1.807, 2.05) is 0 Å². The summed E-state index contributed by atoms with van der Waals surface area (Å²) in [7, 11) is 0. The molecule has 3 heteroatoms. The maximum absolute atomic E-state index is 4.55. The van der Waals surface area contributed by atoms with Crippen LogP contribution in [0.3, 0.4) is 0 Å². The second-order valence-electron chi connectivity index (χ2n) is 5.70. The van der Waals surface area contributed by atoms with Crippen molar-refractivity contribution in [3.05, 3.63) is 29.6 Å². The minimum atomic E-state index is 0.687. The van der Waals surface area contributed by atoms with Crippen LogP contribution >= 0.6 is 0 Å². The maximum Gasteiger partial charge on any atom is 0.0544 e. The summed E-state index contributed by atoms with van der Waals surface area (Å²) in [5.41, 5.74) is 2.28. The summed E-state index contributed by atoms with van der Waals surface area (Å²) in [6.45, 7) is 5.58. The average Bonchev–Trinajstić information content (AvgIpc) is 2.84. The Morgan fingerprint density at radius 2 is 2.28 bits per heavy atom. The quantitative estimate of drug-likeness (QED) is 0.884. The lowest BCUT2D eigenvalue weighted by atomic mass is 9.97. The first kappa shape index (κ1) is 12.1. The number of fused-ring (bicyclic) bond motifs is 1. The van der Waals surface area contributed by atoms with Crippen LogP contribution in [0, 0.1) is 6.92 Å². The van der Waals surface area contributed by atoms with E-state index in [2.05, 4.69) is 40.3 Å². The van der Waals surface area contributed by atoms with Crippen molar-refractivity contribution in [3.8, 4) is 0 Å². The number of aryl methyl sites for hydroxylation is 1. The number of nitrogens with one attached hydrogen (secondary N) is 1. The summed E-state index contributed by atoms with van der Waals surface area (Å²) < 4.78 is 0. The SMILES string of the molecule is Cc1cccc(CNC2CCN3CCCC3C2)n1. The monoisotopic (exact) mass is 245 g/mol. The molecule has 0 aliphatic carbocycles. The Bertz CT molecular complexity index is 404. The number of hydrogen-bond acceptors (Lipinski definition) is 3. The fourth-order valence-electron chi connectivity index (χ4n) is 3.36. The molecule has 2 aliphatic rings. The number of pyridine rings is 1. The smallest absolute Gasteiger partial charge is 0.0544 e. The fraction of sp³-hybridized carbons (Fsp3) is 0.667. The van der Waals surface area contributed by atoms with Crippen molar-refractivity contribution in [2.24, 2.45) is 0 Å². The predicted octanol–water partition coefficient (Wildman–Crippen LogP) is 2.11. The van der Waals surface area contributed by atoms with Gasteiger partial charge in [-0.25, -0.2) is 0 Å². The van der Waals surface area contributed by atoms with E-state index in [-0.39, 0.29) is 0 Å². The average molecular weight is 245 g/mol. The molecule has 1 aromatic rings. The second kappa shape index (κ2) is 5.37. The summed E-state index contributed by atoms with van der Waals surface area (Å²) in [4.78, 5) is 7.22. The van der Waals surface area contributed by atoms with Crippen LogP contribution in [0.4, 0.5) is 0 Å². The van der Waals surface area contributed by atoms with Gasteiger partial charge in [-0.2, -0.15) is 0 Å². The Morgan fingerprint density at radius 1 is 1.33 bits per heavy atom. The molecule has 0 amide bonds. The molecule has 0 radical (unpaired) electrons. The summed E-state index contributed by atoms with van der Waals surface area (Å²) >= 11 is 0. The van der Waals surface area contributed by atoms with Crippen molar-refractivity contribution in [1.82, 2.24) is 15.2 Å². The number of hydrogen-bond donors (Lipinski definition) is 1. The molecule has 0 bridgehead atoms. The van der Waals surface area contributed by atoms with Crippen molar-refractivity contribution in [3.63, 3.8) is 0 Å². The topological polar surface area (TPSA) is 28.2 Å². The van der Waals surface area contributed by atoms with Crippen molar-refractivity contribution < 1.29 is 0 Å². The van der Waals surface area contributed by atoms with Crippen LogP contribution in [0.25, 0.3) is 0 Å². The van der Waals surface area contributed by atoms with E-state index >= 15 is 0 Å². The van der Waals surface area contributed by atoms with Crippen LogP contribution in [-0.2, 0) is 6.54 Å². The minimum absolute atomic E-state index is 0.687. The highest BCUT2D eigenvalue weighted by Crippen LogP contribution is 2.26. The molecule has 98 valence electrons. The van der Waals surface area contributed by atoms with Gasteiger partial charge in [0.2, 0.25) is 0 Å². The van der Waals surface area contributed by atoms with Crippen molar-refractivity contribution >= 4 is 0 Å². The first-order chi connectivity index (χ1) is 8.81. The third-order valence-corrected chi connectivity index (χ3v) is 4.34. The lowest BCUT2D eigenvalue weighted by molar-refractivity contribution is 0.166. The van der Waals surface area contributed by atoms with Gasteiger partial charge in [-0.3, -0.25) is 4.98 Å². The third-order valence-electron chi connectivity index (χ3n) is 4.34. The first-order valence-corrected chi connectivity index (χ1v) is 7.21. The molecule has 1 N–H and O–H groups in total. The van der Waals surface area contributed by atoms with Gasteiger partial charge in [0.15, 0.2) is 0 Å². The first-order valence-electron chi connectivity index (χ1n) is 7.21. The van der Waals surface area contributed by atoms with E-state index < -0.39 is 0 Å². The third kappa shape index (κ3) is 2.73. The normalized spacial score (nSPS) is 28.3. The Hall–Kier alpha value is -0.930. The Balaban J connectivity index is 1.51. The standard InChI is InChI=1S/C15H23N3/c1-12-4-2-5-14(17-12)11-16-13-7-9-18-8-3-6-15(18)10-13/h2,4-5,13,15-16H,3,6-11H2,1H3. The van der Waals surface area contributed by atoms with Crippen LogP contribution in [0.2, 0.25) is 0 Å². The van der Waals surface area contributed by atoms with Gasteiger partial charge in [0.1, 0.15) is 0 Å². The van der Waals surface area contributed by atoms with Crippen LogP contribution in [0.15, 0.2) is 18.2 Å². The van der Waals surface area contributed by atoms with E-state index in [0.717, 1.165) is 18.3 Å². The van der Waals surface area contributed by atoms with Crippen molar-refractivity contribution in [1.29, 1.82) is 0 Å². The molecule has 2 unspecified atom stereocenters. The Kier molecular flexibility index (Phi) is 3.62. The molecule has 18 heavy (non-hydrogen) atoms. The second-order valence-corrected chi connectivity index (χ2v) is 5.70. The minimum Gasteiger partial charge on any atom is -0.308 e. The molecule has 2 saturated heterocycles. The Morgan fingerprint density at radius 3 is 3.17 bits per heavy atom. The van der Waals surface area contributed by atoms with Gasteiger partial charge < -0.3 is 10.2 Å². The molecular formula is C15H23N3. The van der Waals surface area contributed by atoms with E-state index in [4.69, 9.17) is 0 Å². The summed E-state index contributed by atoms with van der Waals surface area (Å²) in [5, 5.41) is 3.69. The van der Waals surface area contributed by atoms with E-state index in [1.54, 1.807) is 0 Å². The zero-order valence-corrected chi connectivity index (χ0v) is 11.2. The summed E-state index contributed by atoms with van der Waals surface area (Å²) in [6, 6.07) is 7.80. The maximum atomic E-state index is 4.55. The Labute approximate surface area is 110 Å². The van der Waals surface area contributed by atoms with E-state index in [0.29, 0.717) is 6.04 Å². The fourth-order valence-corrected chi connectivity index (χ4v) is 3.36. The molecule has 0 saturated carbocycles. The number of nitrogens with zero attached hydrogens (tertiary/aromatic N) is 2. The molecule has 3 nitrogen and oxygen atoms in total. The highest BCUT2D eigenvalue weighted by Gasteiger charge is 2.31. The lowest BCUT2D eigenvalue weighted by Gasteiger charge is -2.35. The van der Waals surface area contributed by atoms with Crippen molar-refractivity contribution in [2.45, 2.75) is 51.2 Å². The molecule has 2 atom stereocenters. The van der Waals surface area contributed by atoms with Gasteiger partial charge in [0.05, 0.1) is 5.69 Å². The van der Waals surface area contributed by atoms with Gasteiger partial charge >= 0.3 is 0 Å². The number of piperidine rings is 1. The van der Waals surface area contributed by atoms with E-state index in [1.165, 1.54) is 44.5 Å². The van der Waals surface area contributed by atoms with E-state index in [9.17, 15) is 0 Å². The molecule has 3 heterocycles. The largest absolute Gasteiger partial charge is 0.308 e. The van der Waals surface area contributed by atoms with Gasteiger partial charge in [-0.1, -0.05) is 6.07 Å². The molecule has 2 aliphatic heterocycles. The van der Waals surface area contributed by atoms with Crippen molar-refractivity contribution in [2.75, 3.05) is 13.1 Å². The van der Waals surface area contributed by atoms with Gasteiger partial charge in [-0.15, -0.1) is 0 Å². The predicted molar refractivity (Wildman–Crippen MR) is 73.4 cm³/mol. The molecule has 0 aromatic carbocycles. The molecule has 3 rings (SSSR count). The van der Waals surface area contributed by atoms with Crippen LogP contribution < -0.4 is 5.32 Å².